The van der Waals surface area contributed by atoms with E-state index in [1.165, 1.54) is 23.5 Å². The molecule has 0 aliphatic rings. The predicted molar refractivity (Wildman–Crippen MR) is 87.0 cm³/mol. The molecule has 1 aromatic carbocycles. The van der Waals surface area contributed by atoms with Crippen LogP contribution in [0.25, 0.3) is 10.4 Å². The minimum Gasteiger partial charge on any atom is -0.456 e. The lowest BCUT2D eigenvalue weighted by Crippen LogP contribution is -2.23. The van der Waals surface area contributed by atoms with Crippen LogP contribution in [0.5, 0.6) is 0 Å². The van der Waals surface area contributed by atoms with E-state index in [1.54, 1.807) is 32.9 Å². The molecule has 0 fully saturated rings. The van der Waals surface area contributed by atoms with Gasteiger partial charge in [0, 0.05) is 14.9 Å². The first-order valence-corrected chi connectivity index (χ1v) is 7.86. The van der Waals surface area contributed by atoms with Crippen LogP contribution >= 0.6 is 27.3 Å². The lowest BCUT2D eigenvalue weighted by Gasteiger charge is -2.18. The van der Waals surface area contributed by atoms with Gasteiger partial charge in [-0.05, 0) is 45.0 Å². The molecule has 0 amide bonds. The van der Waals surface area contributed by atoms with Gasteiger partial charge < -0.3 is 10.5 Å². The topological polar surface area (TPSA) is 52.3 Å². The van der Waals surface area contributed by atoms with Crippen molar-refractivity contribution in [1.82, 2.24) is 0 Å². The summed E-state index contributed by atoms with van der Waals surface area (Å²) in [5.41, 5.74) is 6.28. The van der Waals surface area contributed by atoms with Gasteiger partial charge in [-0.25, -0.2) is 9.18 Å². The minimum absolute atomic E-state index is 0.330. The largest absolute Gasteiger partial charge is 0.456 e. The summed E-state index contributed by atoms with van der Waals surface area (Å²) in [6.07, 6.45) is 0. The van der Waals surface area contributed by atoms with E-state index in [-0.39, 0.29) is 5.82 Å². The number of nitrogens with two attached hydrogens (primary N) is 1. The molecule has 21 heavy (non-hydrogen) atoms. The molecule has 0 unspecified atom stereocenters. The van der Waals surface area contributed by atoms with Crippen LogP contribution in [0.1, 0.15) is 30.4 Å². The van der Waals surface area contributed by atoms with E-state index in [0.29, 0.717) is 21.0 Å². The minimum atomic E-state index is -0.590. The van der Waals surface area contributed by atoms with Crippen LogP contribution < -0.4 is 5.73 Å². The fourth-order valence-electron chi connectivity index (χ4n) is 1.71. The highest BCUT2D eigenvalue weighted by Gasteiger charge is 2.23. The zero-order chi connectivity index (χ0) is 15.8. The number of hydrogen-bond donors (Lipinski definition) is 1. The van der Waals surface area contributed by atoms with E-state index < -0.39 is 11.6 Å². The summed E-state index contributed by atoms with van der Waals surface area (Å²) in [6, 6.07) is 6.03. The maximum Gasteiger partial charge on any atom is 0.350 e. The lowest BCUT2D eigenvalue weighted by molar-refractivity contribution is 0.00764. The number of rotatable bonds is 2. The van der Waals surface area contributed by atoms with E-state index in [9.17, 15) is 9.18 Å². The number of ether oxygens (including phenoxy) is 1. The Hall–Kier alpha value is -1.40. The number of thiophene rings is 1. The van der Waals surface area contributed by atoms with Crippen molar-refractivity contribution in [2.45, 2.75) is 26.4 Å². The van der Waals surface area contributed by atoms with Crippen LogP contribution in [0.3, 0.4) is 0 Å². The van der Waals surface area contributed by atoms with E-state index in [0.717, 1.165) is 4.47 Å². The highest BCUT2D eigenvalue weighted by molar-refractivity contribution is 9.10. The Kier molecular flexibility index (Phi) is 4.39. The van der Waals surface area contributed by atoms with Crippen LogP contribution in [0.4, 0.5) is 10.1 Å². The van der Waals surface area contributed by atoms with Gasteiger partial charge in [-0.3, -0.25) is 0 Å². The van der Waals surface area contributed by atoms with Crippen molar-refractivity contribution in [3.8, 4) is 10.4 Å². The van der Waals surface area contributed by atoms with Crippen molar-refractivity contribution in [1.29, 1.82) is 0 Å². The summed E-state index contributed by atoms with van der Waals surface area (Å²) in [6.45, 7) is 5.37. The standard InChI is InChI=1S/C15H15BrFNO2S/c1-15(2,3)20-14(19)13-11(18)7-12(21-13)9-6-8(17)4-5-10(9)16/h4-7H,18H2,1-3H3. The maximum absolute atomic E-state index is 13.4. The molecule has 0 aliphatic carbocycles. The Labute approximate surface area is 135 Å². The van der Waals surface area contributed by atoms with Gasteiger partial charge in [-0.2, -0.15) is 0 Å². The van der Waals surface area contributed by atoms with Crippen LogP contribution in [0, 0.1) is 5.82 Å². The molecule has 0 radical (unpaired) electrons. The molecular weight excluding hydrogens is 357 g/mol. The molecule has 6 heteroatoms. The average Bonchev–Trinajstić information content (AvgIpc) is 2.72. The molecule has 2 rings (SSSR count). The van der Waals surface area contributed by atoms with E-state index >= 15 is 0 Å². The third-order valence-electron chi connectivity index (χ3n) is 2.54. The fourth-order valence-corrected chi connectivity index (χ4v) is 3.29. The van der Waals surface area contributed by atoms with Gasteiger partial charge in [0.1, 0.15) is 16.3 Å². The monoisotopic (exact) mass is 371 g/mol. The zero-order valence-electron chi connectivity index (χ0n) is 11.9. The van der Waals surface area contributed by atoms with Crippen molar-refractivity contribution in [3.05, 3.63) is 39.4 Å². The third kappa shape index (κ3) is 3.83. The zero-order valence-corrected chi connectivity index (χ0v) is 14.3. The first-order valence-electron chi connectivity index (χ1n) is 6.25. The molecule has 0 aliphatic heterocycles. The molecule has 0 spiro atoms. The number of esters is 1. The van der Waals surface area contributed by atoms with Gasteiger partial charge in [0.15, 0.2) is 0 Å². The molecule has 3 nitrogen and oxygen atoms in total. The van der Waals surface area contributed by atoms with Crippen molar-refractivity contribution in [2.24, 2.45) is 0 Å². The summed E-state index contributed by atoms with van der Waals surface area (Å²) in [5.74, 6) is -0.817. The van der Waals surface area contributed by atoms with Gasteiger partial charge in [0.25, 0.3) is 0 Å². The van der Waals surface area contributed by atoms with Crippen molar-refractivity contribution < 1.29 is 13.9 Å². The van der Waals surface area contributed by atoms with E-state index in [4.69, 9.17) is 10.5 Å². The van der Waals surface area contributed by atoms with Crippen molar-refractivity contribution in [3.63, 3.8) is 0 Å². The Morgan fingerprint density at radius 2 is 2.00 bits per heavy atom. The molecule has 0 saturated heterocycles. The van der Waals surface area contributed by atoms with E-state index in [1.807, 2.05) is 0 Å². The van der Waals surface area contributed by atoms with Gasteiger partial charge in [-0.15, -0.1) is 11.3 Å². The Morgan fingerprint density at radius 3 is 2.62 bits per heavy atom. The number of hydrogen-bond acceptors (Lipinski definition) is 4. The summed E-state index contributed by atoms with van der Waals surface area (Å²) in [4.78, 5) is 13.1. The van der Waals surface area contributed by atoms with Gasteiger partial charge >= 0.3 is 5.97 Å². The molecule has 0 saturated carbocycles. The van der Waals surface area contributed by atoms with Gasteiger partial charge in [0.2, 0.25) is 0 Å². The number of carbonyl (C=O) groups is 1. The molecule has 2 N–H and O–H groups in total. The lowest BCUT2D eigenvalue weighted by atomic mass is 10.2. The Bertz CT molecular complexity index is 691. The summed E-state index contributed by atoms with van der Waals surface area (Å²) in [7, 11) is 0. The third-order valence-corrected chi connectivity index (χ3v) is 4.39. The van der Waals surface area contributed by atoms with E-state index in [2.05, 4.69) is 15.9 Å². The first-order chi connectivity index (χ1) is 9.67. The molecule has 112 valence electrons. The fraction of sp³-hybridized carbons (Fsp3) is 0.267. The second-order valence-electron chi connectivity index (χ2n) is 5.52. The molecule has 1 aromatic heterocycles. The maximum atomic E-state index is 13.4. The molecule has 0 bridgehead atoms. The molecular formula is C15H15BrFNO2S. The number of halogens is 2. The smallest absolute Gasteiger partial charge is 0.350 e. The normalized spacial score (nSPS) is 11.5. The van der Waals surface area contributed by atoms with Crippen LogP contribution in [0.15, 0.2) is 28.7 Å². The average molecular weight is 372 g/mol. The van der Waals surface area contributed by atoms with Gasteiger partial charge in [0.05, 0.1) is 5.69 Å². The second-order valence-corrected chi connectivity index (χ2v) is 7.43. The summed E-state index contributed by atoms with van der Waals surface area (Å²) in [5, 5.41) is 0. The predicted octanol–water partition coefficient (Wildman–Crippen LogP) is 4.85. The summed E-state index contributed by atoms with van der Waals surface area (Å²) >= 11 is 4.56. The number of nitrogen functional groups attached to an aromatic ring is 1. The van der Waals surface area contributed by atoms with Crippen LogP contribution in [-0.4, -0.2) is 11.6 Å². The van der Waals surface area contributed by atoms with Crippen LogP contribution in [-0.2, 0) is 4.74 Å². The van der Waals surface area contributed by atoms with Gasteiger partial charge in [-0.1, -0.05) is 15.9 Å². The molecule has 0 atom stereocenters. The van der Waals surface area contributed by atoms with Crippen molar-refractivity contribution >= 4 is 38.9 Å². The number of benzene rings is 1. The molecule has 2 aromatic rings. The second kappa shape index (κ2) is 5.77. The Morgan fingerprint density at radius 1 is 1.33 bits per heavy atom. The summed E-state index contributed by atoms with van der Waals surface area (Å²) < 4.78 is 19.4. The first kappa shape index (κ1) is 16.0. The SMILES string of the molecule is CC(C)(C)OC(=O)c1sc(-c2cc(F)ccc2Br)cc1N. The number of anilines is 1. The highest BCUT2D eigenvalue weighted by atomic mass is 79.9. The van der Waals surface area contributed by atoms with Crippen molar-refractivity contribution in [2.75, 3.05) is 5.73 Å². The van der Waals surface area contributed by atoms with Crippen LogP contribution in [0.2, 0.25) is 0 Å². The highest BCUT2D eigenvalue weighted by Crippen LogP contribution is 2.38. The Balaban J connectivity index is 2.39. The quantitative estimate of drug-likeness (QED) is 0.767. The number of carbonyl (C=O) groups excluding carboxylic acids is 1. The molecule has 1 heterocycles.